The van der Waals surface area contributed by atoms with E-state index in [1.807, 2.05) is 0 Å². The summed E-state index contributed by atoms with van der Waals surface area (Å²) in [4.78, 5) is 16.9. The van der Waals surface area contributed by atoms with Crippen LogP contribution in [0, 0.1) is 0 Å². The summed E-state index contributed by atoms with van der Waals surface area (Å²) in [7, 11) is 0. The number of amides is 1. The number of likely N-dealkylation sites (tertiary alicyclic amines) is 1. The van der Waals surface area contributed by atoms with Gasteiger partial charge in [-0.2, -0.15) is 13.2 Å². The molecule has 21 heavy (non-hydrogen) atoms. The number of carbonyl (C=O) groups is 1. The predicted molar refractivity (Wildman–Crippen MR) is 68.5 cm³/mol. The van der Waals surface area contributed by atoms with Crippen molar-refractivity contribution in [3.8, 4) is 5.88 Å². The molecule has 0 radical (unpaired) electrons. The summed E-state index contributed by atoms with van der Waals surface area (Å²) in [6.45, 7) is 2.49. The molecule has 0 saturated carbocycles. The van der Waals surface area contributed by atoms with Gasteiger partial charge < -0.3 is 15.4 Å². The Labute approximate surface area is 119 Å². The second-order valence-electron chi connectivity index (χ2n) is 4.98. The first kappa shape index (κ1) is 15.6. The number of hydrogen-bond acceptors (Lipinski definition) is 4. The number of halogens is 3. The summed E-state index contributed by atoms with van der Waals surface area (Å²) in [5.41, 5.74) is 4.70. The first-order valence-corrected chi connectivity index (χ1v) is 6.51. The van der Waals surface area contributed by atoms with E-state index in [1.165, 1.54) is 6.07 Å². The van der Waals surface area contributed by atoms with Crippen molar-refractivity contribution in [3.05, 3.63) is 23.9 Å². The fourth-order valence-corrected chi connectivity index (χ4v) is 2.10. The lowest BCUT2D eigenvalue weighted by molar-refractivity contribution is -0.138. The van der Waals surface area contributed by atoms with E-state index < -0.39 is 17.8 Å². The molecular formula is C13H16F3N3O2. The van der Waals surface area contributed by atoms with Gasteiger partial charge in [0.05, 0.1) is 18.2 Å². The number of ether oxygens (including phenoxy) is 1. The third-order valence-electron chi connectivity index (χ3n) is 3.20. The van der Waals surface area contributed by atoms with Crippen LogP contribution < -0.4 is 10.5 Å². The molecule has 2 N–H and O–H groups in total. The number of alkyl halides is 3. The van der Waals surface area contributed by atoms with Gasteiger partial charge in [-0.25, -0.2) is 4.98 Å². The summed E-state index contributed by atoms with van der Waals surface area (Å²) in [5, 5.41) is 0. The number of aromatic nitrogens is 1. The van der Waals surface area contributed by atoms with Crippen LogP contribution in [0.2, 0.25) is 0 Å². The van der Waals surface area contributed by atoms with E-state index in [1.54, 1.807) is 11.8 Å². The molecule has 0 aliphatic carbocycles. The van der Waals surface area contributed by atoms with Gasteiger partial charge in [-0.15, -0.1) is 0 Å². The lowest BCUT2D eigenvalue weighted by Gasteiger charge is -2.18. The molecule has 2 heterocycles. The fourth-order valence-electron chi connectivity index (χ4n) is 2.10. The van der Waals surface area contributed by atoms with E-state index in [0.29, 0.717) is 19.5 Å². The molecule has 5 nitrogen and oxygen atoms in total. The van der Waals surface area contributed by atoms with Crippen LogP contribution in [-0.4, -0.2) is 41.0 Å². The standard InChI is InChI=1S/C13H16F3N3O2/c1-8(17)12(20)19-5-4-10(7-19)21-11-3-2-9(6-18-11)13(14,15)16/h2-3,6,8,10H,4-5,7,17H2,1H3/t8-,10-/m1/s1. The number of hydrogen-bond donors (Lipinski definition) is 1. The molecule has 116 valence electrons. The fraction of sp³-hybridized carbons (Fsp3) is 0.538. The molecule has 0 unspecified atom stereocenters. The summed E-state index contributed by atoms with van der Waals surface area (Å²) in [5.74, 6) is -0.0513. The normalized spacial score (nSPS) is 20.4. The van der Waals surface area contributed by atoms with Crippen LogP contribution in [0.4, 0.5) is 13.2 Å². The highest BCUT2D eigenvalue weighted by atomic mass is 19.4. The maximum atomic E-state index is 12.4. The molecule has 1 aliphatic rings. The number of rotatable bonds is 3. The van der Waals surface area contributed by atoms with E-state index in [4.69, 9.17) is 10.5 Å². The number of pyridine rings is 1. The third-order valence-corrected chi connectivity index (χ3v) is 3.20. The van der Waals surface area contributed by atoms with Gasteiger partial charge in [0.1, 0.15) is 6.10 Å². The zero-order valence-electron chi connectivity index (χ0n) is 11.4. The van der Waals surface area contributed by atoms with Crippen molar-refractivity contribution in [2.75, 3.05) is 13.1 Å². The van der Waals surface area contributed by atoms with E-state index in [2.05, 4.69) is 4.98 Å². The van der Waals surface area contributed by atoms with Crippen LogP contribution in [0.3, 0.4) is 0 Å². The van der Waals surface area contributed by atoms with Crippen LogP contribution in [0.15, 0.2) is 18.3 Å². The van der Waals surface area contributed by atoms with Crippen LogP contribution in [0.5, 0.6) is 5.88 Å². The summed E-state index contributed by atoms with van der Waals surface area (Å²) in [6.07, 6.45) is -3.37. The molecule has 1 aliphatic heterocycles. The smallest absolute Gasteiger partial charge is 0.417 e. The minimum absolute atomic E-state index is 0.114. The number of nitrogens with zero attached hydrogens (tertiary/aromatic N) is 2. The van der Waals surface area contributed by atoms with Crippen molar-refractivity contribution in [1.29, 1.82) is 0 Å². The zero-order valence-corrected chi connectivity index (χ0v) is 11.4. The highest BCUT2D eigenvalue weighted by molar-refractivity contribution is 5.81. The van der Waals surface area contributed by atoms with Crippen LogP contribution in [0.1, 0.15) is 18.9 Å². The maximum Gasteiger partial charge on any atom is 0.417 e. The zero-order chi connectivity index (χ0) is 15.6. The molecular weight excluding hydrogens is 287 g/mol. The van der Waals surface area contributed by atoms with Crippen LogP contribution >= 0.6 is 0 Å². The SMILES string of the molecule is C[C@@H](N)C(=O)N1CC[C@@H](Oc2ccc(C(F)(F)F)cn2)C1. The van der Waals surface area contributed by atoms with Crippen molar-refractivity contribution in [1.82, 2.24) is 9.88 Å². The Morgan fingerprint density at radius 1 is 1.52 bits per heavy atom. The quantitative estimate of drug-likeness (QED) is 0.917. The highest BCUT2D eigenvalue weighted by Gasteiger charge is 2.32. The number of carbonyl (C=O) groups excluding carboxylic acids is 1. The second kappa shape index (κ2) is 5.88. The molecule has 1 aromatic rings. The minimum atomic E-state index is -4.42. The first-order valence-electron chi connectivity index (χ1n) is 6.51. The lowest BCUT2D eigenvalue weighted by atomic mass is 10.3. The first-order chi connectivity index (χ1) is 9.77. The minimum Gasteiger partial charge on any atom is -0.472 e. The molecule has 0 aromatic carbocycles. The summed E-state index contributed by atoms with van der Waals surface area (Å²) < 4.78 is 42.7. The van der Waals surface area contributed by atoms with Crippen molar-refractivity contribution >= 4 is 5.91 Å². The predicted octanol–water partition coefficient (Wildman–Crippen LogP) is 1.43. The van der Waals surface area contributed by atoms with Gasteiger partial charge in [0.2, 0.25) is 11.8 Å². The molecule has 8 heteroatoms. The molecule has 0 bridgehead atoms. The Hall–Kier alpha value is -1.83. The van der Waals surface area contributed by atoms with Crippen molar-refractivity contribution in [2.24, 2.45) is 5.73 Å². The lowest BCUT2D eigenvalue weighted by Crippen LogP contribution is -2.41. The van der Waals surface area contributed by atoms with Crippen molar-refractivity contribution in [3.63, 3.8) is 0 Å². The van der Waals surface area contributed by atoms with Crippen LogP contribution in [-0.2, 0) is 11.0 Å². The highest BCUT2D eigenvalue weighted by Crippen LogP contribution is 2.29. The van der Waals surface area contributed by atoms with Gasteiger partial charge in [0.25, 0.3) is 0 Å². The van der Waals surface area contributed by atoms with E-state index in [-0.39, 0.29) is 17.9 Å². The third kappa shape index (κ3) is 3.84. The molecule has 1 aromatic heterocycles. The van der Waals surface area contributed by atoms with Crippen molar-refractivity contribution in [2.45, 2.75) is 31.7 Å². The van der Waals surface area contributed by atoms with Gasteiger partial charge in [-0.3, -0.25) is 4.79 Å². The Balaban J connectivity index is 1.93. The number of nitrogens with two attached hydrogens (primary N) is 1. The summed E-state index contributed by atoms with van der Waals surface area (Å²) >= 11 is 0. The van der Waals surface area contributed by atoms with E-state index in [9.17, 15) is 18.0 Å². The second-order valence-corrected chi connectivity index (χ2v) is 4.98. The van der Waals surface area contributed by atoms with Gasteiger partial charge >= 0.3 is 6.18 Å². The van der Waals surface area contributed by atoms with Gasteiger partial charge in [-0.1, -0.05) is 0 Å². The monoisotopic (exact) mass is 303 g/mol. The van der Waals surface area contributed by atoms with Crippen LogP contribution in [0.25, 0.3) is 0 Å². The Bertz CT molecular complexity index is 502. The van der Waals surface area contributed by atoms with Gasteiger partial charge in [0, 0.05) is 25.2 Å². The molecule has 2 atom stereocenters. The largest absolute Gasteiger partial charge is 0.472 e. The van der Waals surface area contributed by atoms with Gasteiger partial charge in [0.15, 0.2) is 0 Å². The average molecular weight is 303 g/mol. The maximum absolute atomic E-state index is 12.4. The van der Waals surface area contributed by atoms with E-state index >= 15 is 0 Å². The molecule has 2 rings (SSSR count). The molecule has 1 fully saturated rings. The molecule has 1 amide bonds. The Morgan fingerprint density at radius 3 is 2.76 bits per heavy atom. The van der Waals surface area contributed by atoms with Gasteiger partial charge in [-0.05, 0) is 13.0 Å². The molecule has 1 saturated heterocycles. The van der Waals surface area contributed by atoms with Crippen molar-refractivity contribution < 1.29 is 22.7 Å². The average Bonchev–Trinajstić information content (AvgIpc) is 2.85. The Kier molecular flexibility index (Phi) is 4.36. The molecule has 0 spiro atoms. The van der Waals surface area contributed by atoms with E-state index in [0.717, 1.165) is 12.3 Å². The Morgan fingerprint density at radius 2 is 2.24 bits per heavy atom. The summed E-state index contributed by atoms with van der Waals surface area (Å²) in [6, 6.07) is 1.52. The topological polar surface area (TPSA) is 68.5 Å².